The number of carbonyl (C=O) groups excluding carboxylic acids is 3. The number of nitrogens with one attached hydrogen (secondary N) is 1. The Labute approximate surface area is 274 Å². The highest BCUT2D eigenvalue weighted by molar-refractivity contribution is 5.89. The molecule has 3 fully saturated rings. The average Bonchev–Trinajstić information content (AvgIpc) is 3.56. The number of benzene rings is 1. The molecule has 1 saturated heterocycles. The topological polar surface area (TPSA) is 120 Å². The van der Waals surface area contributed by atoms with Gasteiger partial charge in [0.2, 0.25) is 11.8 Å². The molecule has 1 N–H and O–H groups in total. The van der Waals surface area contributed by atoms with Crippen molar-refractivity contribution < 1.29 is 37.4 Å². The molecule has 2 aliphatic heterocycles. The van der Waals surface area contributed by atoms with E-state index in [1.165, 1.54) is 4.90 Å². The van der Waals surface area contributed by atoms with E-state index in [0.717, 1.165) is 12.8 Å². The van der Waals surface area contributed by atoms with Crippen molar-refractivity contribution in [2.75, 3.05) is 13.2 Å². The summed E-state index contributed by atoms with van der Waals surface area (Å²) in [6.45, 7) is 9.57. The van der Waals surface area contributed by atoms with Crippen LogP contribution in [-0.4, -0.2) is 70.6 Å². The number of aromatic nitrogens is 2. The first-order valence-electron chi connectivity index (χ1n) is 17.1. The first-order chi connectivity index (χ1) is 22.3. The summed E-state index contributed by atoms with van der Waals surface area (Å²) in [5.41, 5.74) is -0.658. The van der Waals surface area contributed by atoms with E-state index in [1.54, 1.807) is 18.2 Å². The van der Waals surface area contributed by atoms with E-state index >= 15 is 8.78 Å². The first kappa shape index (κ1) is 33.3. The van der Waals surface area contributed by atoms with Gasteiger partial charge in [-0.3, -0.25) is 4.79 Å². The van der Waals surface area contributed by atoms with Crippen LogP contribution in [0.1, 0.15) is 85.3 Å². The number of halogens is 2. The molecular weight excluding hydrogens is 610 g/mol. The molecule has 4 aliphatic rings. The maximum absolute atomic E-state index is 16.2. The van der Waals surface area contributed by atoms with Crippen molar-refractivity contribution in [1.82, 2.24) is 20.2 Å². The highest BCUT2D eigenvalue weighted by Gasteiger charge is 2.55. The summed E-state index contributed by atoms with van der Waals surface area (Å²) in [6.07, 6.45) is 2.09. The molecule has 0 radical (unpaired) electrons. The summed E-state index contributed by atoms with van der Waals surface area (Å²) < 4.78 is 50.2. The SMILES string of the molecule is CCOc1ccc2nc3c(nc2c1)O[C@H]1CN(C(=O)[C@H](C(C)(C)C)NC(=O)O[C@@H]2CC4CC4[C@H]2CCCCC3(F)F)[C@H](C=O)[C@@H]1CC. The number of hydrogen-bond donors (Lipinski definition) is 1. The van der Waals surface area contributed by atoms with E-state index < -0.39 is 59.6 Å². The van der Waals surface area contributed by atoms with Gasteiger partial charge in [0.05, 0.1) is 30.2 Å². The van der Waals surface area contributed by atoms with Crippen LogP contribution in [0.2, 0.25) is 0 Å². The van der Waals surface area contributed by atoms with Gasteiger partial charge in [-0.05, 0) is 74.3 Å². The largest absolute Gasteiger partial charge is 0.494 e. The summed E-state index contributed by atoms with van der Waals surface area (Å²) >= 11 is 0. The molecule has 2 bridgehead atoms. The Morgan fingerprint density at radius 1 is 1.06 bits per heavy atom. The zero-order valence-electron chi connectivity index (χ0n) is 27.8. The fourth-order valence-electron chi connectivity index (χ4n) is 7.98. The number of hydrogen-bond acceptors (Lipinski definition) is 8. The molecule has 8 atom stereocenters. The number of rotatable bonds is 4. The molecule has 47 heavy (non-hydrogen) atoms. The molecule has 12 heteroatoms. The Morgan fingerprint density at radius 2 is 1.85 bits per heavy atom. The second kappa shape index (κ2) is 12.8. The van der Waals surface area contributed by atoms with E-state index in [2.05, 4.69) is 15.3 Å². The minimum absolute atomic E-state index is 0.0537. The molecule has 1 aromatic carbocycles. The first-order valence-corrected chi connectivity index (χ1v) is 17.1. The monoisotopic (exact) mass is 656 g/mol. The fourth-order valence-corrected chi connectivity index (χ4v) is 7.98. The molecule has 2 aromatic rings. The number of aldehydes is 1. The molecule has 1 aromatic heterocycles. The van der Waals surface area contributed by atoms with Gasteiger partial charge < -0.3 is 29.2 Å². The van der Waals surface area contributed by atoms with Crippen LogP contribution >= 0.6 is 0 Å². The van der Waals surface area contributed by atoms with Crippen LogP contribution < -0.4 is 14.8 Å². The number of nitrogens with zero attached hydrogens (tertiary/aromatic N) is 3. The zero-order valence-corrected chi connectivity index (χ0v) is 27.8. The second-order valence-electron chi connectivity index (χ2n) is 14.7. The van der Waals surface area contributed by atoms with Gasteiger partial charge in [0.1, 0.15) is 30.3 Å². The molecule has 3 heterocycles. The molecule has 2 amide bonds. The molecule has 6 rings (SSSR count). The third-order valence-corrected chi connectivity index (χ3v) is 10.5. The van der Waals surface area contributed by atoms with Crippen LogP contribution in [0, 0.1) is 29.1 Å². The average molecular weight is 657 g/mol. The lowest BCUT2D eigenvalue weighted by molar-refractivity contribution is -0.139. The van der Waals surface area contributed by atoms with Crippen LogP contribution in [0.25, 0.3) is 11.0 Å². The van der Waals surface area contributed by atoms with E-state index in [9.17, 15) is 14.4 Å². The zero-order chi connectivity index (χ0) is 33.7. The highest BCUT2D eigenvalue weighted by atomic mass is 19.3. The third kappa shape index (κ3) is 6.61. The number of fused-ring (bicyclic) bond motifs is 7. The number of alkyl carbamates (subject to hydrolysis) is 1. The molecule has 2 aliphatic carbocycles. The summed E-state index contributed by atoms with van der Waals surface area (Å²) in [6, 6.07) is 3.02. The summed E-state index contributed by atoms with van der Waals surface area (Å²) in [5.74, 6) is -3.13. The van der Waals surface area contributed by atoms with Gasteiger partial charge in [-0.2, -0.15) is 8.78 Å². The molecule has 2 saturated carbocycles. The molecule has 10 nitrogen and oxygen atoms in total. The van der Waals surface area contributed by atoms with Gasteiger partial charge in [-0.25, -0.2) is 14.8 Å². The van der Waals surface area contributed by atoms with Crippen LogP contribution in [0.15, 0.2) is 18.2 Å². The Bertz CT molecular complexity index is 1510. The van der Waals surface area contributed by atoms with Crippen molar-refractivity contribution in [2.24, 2.45) is 29.1 Å². The van der Waals surface area contributed by atoms with Gasteiger partial charge in [-0.1, -0.05) is 34.1 Å². The summed E-state index contributed by atoms with van der Waals surface area (Å²) in [5, 5.41) is 2.83. The number of alkyl halides is 2. The minimum atomic E-state index is -3.36. The van der Waals surface area contributed by atoms with Crippen molar-refractivity contribution >= 4 is 29.3 Å². The number of carbonyl (C=O) groups is 3. The van der Waals surface area contributed by atoms with Gasteiger partial charge in [0.15, 0.2) is 5.69 Å². The standard InChI is InChI=1S/C35H46F2N4O6/c1-6-21-26(18-42)41-17-28(21)46-31-29(38-24-12-11-20(45-7-2)16-25(24)39-31)35(36,37)13-9-8-10-22-23-14-19(23)15-27(22)47-33(44)40-30(32(41)43)34(3,4)5/h11-12,16,18-19,21-23,26-28,30H,6-10,13-15,17H2,1-5H3,(H,40,44)/t19?,21-,22+,23?,26+,27+,28-,30+/m0/s1. The van der Waals surface area contributed by atoms with E-state index in [4.69, 9.17) is 14.2 Å². The third-order valence-electron chi connectivity index (χ3n) is 10.5. The normalized spacial score (nSPS) is 32.5. The van der Waals surface area contributed by atoms with Gasteiger partial charge in [-0.15, -0.1) is 0 Å². The molecular formula is C35H46F2N4O6. The van der Waals surface area contributed by atoms with Crippen LogP contribution in [0.3, 0.4) is 0 Å². The summed E-state index contributed by atoms with van der Waals surface area (Å²) in [7, 11) is 0. The molecule has 256 valence electrons. The lowest BCUT2D eigenvalue weighted by Gasteiger charge is -2.35. The summed E-state index contributed by atoms with van der Waals surface area (Å²) in [4.78, 5) is 50.4. The van der Waals surface area contributed by atoms with Crippen molar-refractivity contribution in [3.8, 4) is 11.6 Å². The van der Waals surface area contributed by atoms with Gasteiger partial charge in [0.25, 0.3) is 5.92 Å². The van der Waals surface area contributed by atoms with Crippen LogP contribution in [-0.2, 0) is 20.2 Å². The Hall–Kier alpha value is -3.57. The fraction of sp³-hybridized carbons (Fsp3) is 0.686. The maximum Gasteiger partial charge on any atom is 0.408 e. The van der Waals surface area contributed by atoms with Crippen molar-refractivity contribution in [1.29, 1.82) is 0 Å². The Kier molecular flexibility index (Phi) is 9.08. The van der Waals surface area contributed by atoms with Crippen molar-refractivity contribution in [2.45, 2.75) is 110 Å². The van der Waals surface area contributed by atoms with E-state index in [1.807, 2.05) is 34.6 Å². The van der Waals surface area contributed by atoms with Gasteiger partial charge >= 0.3 is 6.09 Å². The van der Waals surface area contributed by atoms with Gasteiger partial charge in [0, 0.05) is 18.4 Å². The molecule has 0 spiro atoms. The smallest absolute Gasteiger partial charge is 0.408 e. The van der Waals surface area contributed by atoms with Crippen molar-refractivity contribution in [3.63, 3.8) is 0 Å². The molecule has 2 unspecified atom stereocenters. The van der Waals surface area contributed by atoms with Crippen LogP contribution in [0.5, 0.6) is 11.6 Å². The Morgan fingerprint density at radius 3 is 2.55 bits per heavy atom. The van der Waals surface area contributed by atoms with Crippen molar-refractivity contribution in [3.05, 3.63) is 23.9 Å². The van der Waals surface area contributed by atoms with Crippen LogP contribution in [0.4, 0.5) is 13.6 Å². The lowest BCUT2D eigenvalue weighted by atomic mass is 9.85. The minimum Gasteiger partial charge on any atom is -0.494 e. The number of ether oxygens (including phenoxy) is 3. The maximum atomic E-state index is 16.2. The highest BCUT2D eigenvalue weighted by Crippen LogP contribution is 2.58. The number of amides is 2. The van der Waals surface area contributed by atoms with E-state index in [0.29, 0.717) is 55.3 Å². The Balaban J connectivity index is 1.41. The van der Waals surface area contributed by atoms with E-state index in [-0.39, 0.29) is 36.4 Å². The lowest BCUT2D eigenvalue weighted by Crippen LogP contribution is -2.56. The quantitative estimate of drug-likeness (QED) is 0.396. The second-order valence-corrected chi connectivity index (χ2v) is 14.7. The predicted molar refractivity (Wildman–Crippen MR) is 169 cm³/mol. The predicted octanol–water partition coefficient (Wildman–Crippen LogP) is 6.04.